The van der Waals surface area contributed by atoms with Gasteiger partial charge in [0, 0.05) is 11.5 Å². The number of nitrogens with zero attached hydrogens (tertiary/aromatic N) is 2. The van der Waals surface area contributed by atoms with Crippen LogP contribution in [0.3, 0.4) is 0 Å². The number of nitrogens with one attached hydrogen (secondary N) is 1. The Morgan fingerprint density at radius 3 is 2.68 bits per heavy atom. The van der Waals surface area contributed by atoms with Gasteiger partial charge in [-0.3, -0.25) is 4.98 Å². The van der Waals surface area contributed by atoms with Crippen molar-refractivity contribution in [1.29, 1.82) is 0 Å². The summed E-state index contributed by atoms with van der Waals surface area (Å²) < 4.78 is 4.81. The van der Waals surface area contributed by atoms with Gasteiger partial charge in [0.25, 0.3) is 0 Å². The second-order valence-electron chi connectivity index (χ2n) is 6.58. The third-order valence-electron chi connectivity index (χ3n) is 3.27. The zero-order valence-electron chi connectivity index (χ0n) is 13.6. The van der Waals surface area contributed by atoms with Gasteiger partial charge in [-0.2, -0.15) is 0 Å². The van der Waals surface area contributed by atoms with Crippen molar-refractivity contribution in [3.8, 4) is 0 Å². The minimum Gasteiger partial charge on any atom is -0.465 e. The van der Waals surface area contributed by atoms with E-state index in [1.165, 1.54) is 7.11 Å². The average molecular weight is 304 g/mol. The van der Waals surface area contributed by atoms with Crippen LogP contribution in [0, 0.1) is 0 Å². The number of hydrogen-bond acceptors (Lipinski definition) is 4. The lowest BCUT2D eigenvalue weighted by Crippen LogP contribution is -2.45. The minimum atomic E-state index is -0.335. The van der Waals surface area contributed by atoms with Crippen LogP contribution in [0.4, 0.5) is 0 Å². The number of methoxy groups -OCH3 is 1. The standard InChI is InChI=1S/C16H24N4O2/c1-16(2,3)20-15(17)18-9-11-7-8-12(14(21)22-4)13(19-11)10-5-6-10/h7-8,10H,5-6,9H2,1-4H3,(H3,17,18,20). The number of guanidine groups is 1. The third-order valence-corrected chi connectivity index (χ3v) is 3.27. The smallest absolute Gasteiger partial charge is 0.339 e. The number of esters is 1. The van der Waals surface area contributed by atoms with E-state index in [4.69, 9.17) is 10.5 Å². The Balaban J connectivity index is 2.14. The van der Waals surface area contributed by atoms with Crippen molar-refractivity contribution in [2.75, 3.05) is 7.11 Å². The highest BCUT2D eigenvalue weighted by Crippen LogP contribution is 2.40. The maximum atomic E-state index is 11.8. The fourth-order valence-electron chi connectivity index (χ4n) is 2.15. The first kappa shape index (κ1) is 16.3. The fourth-order valence-corrected chi connectivity index (χ4v) is 2.15. The van der Waals surface area contributed by atoms with Gasteiger partial charge >= 0.3 is 5.97 Å². The van der Waals surface area contributed by atoms with Crippen molar-refractivity contribution < 1.29 is 9.53 Å². The van der Waals surface area contributed by atoms with Gasteiger partial charge in [0.1, 0.15) is 0 Å². The molecule has 0 aromatic carbocycles. The van der Waals surface area contributed by atoms with Crippen LogP contribution >= 0.6 is 0 Å². The number of carbonyl (C=O) groups is 1. The van der Waals surface area contributed by atoms with E-state index in [2.05, 4.69) is 15.3 Å². The molecule has 1 aliphatic carbocycles. The number of aromatic nitrogens is 1. The van der Waals surface area contributed by atoms with Gasteiger partial charge in [-0.1, -0.05) is 0 Å². The van der Waals surface area contributed by atoms with E-state index in [0.29, 0.717) is 24.0 Å². The van der Waals surface area contributed by atoms with E-state index >= 15 is 0 Å². The molecule has 0 radical (unpaired) electrons. The van der Waals surface area contributed by atoms with E-state index in [1.54, 1.807) is 12.1 Å². The van der Waals surface area contributed by atoms with Crippen LogP contribution in [0.2, 0.25) is 0 Å². The van der Waals surface area contributed by atoms with E-state index < -0.39 is 0 Å². The monoisotopic (exact) mass is 304 g/mol. The fraction of sp³-hybridized carbons (Fsp3) is 0.562. The topological polar surface area (TPSA) is 89.6 Å². The van der Waals surface area contributed by atoms with Crippen molar-refractivity contribution in [3.05, 3.63) is 29.1 Å². The molecule has 0 spiro atoms. The average Bonchev–Trinajstić information content (AvgIpc) is 3.26. The Hall–Kier alpha value is -2.11. The Morgan fingerprint density at radius 2 is 2.14 bits per heavy atom. The van der Waals surface area contributed by atoms with Gasteiger partial charge in [0.2, 0.25) is 0 Å². The molecular formula is C16H24N4O2. The van der Waals surface area contributed by atoms with E-state index in [1.807, 2.05) is 20.8 Å². The summed E-state index contributed by atoms with van der Waals surface area (Å²) in [6.45, 7) is 6.44. The first-order chi connectivity index (χ1) is 10.3. The van der Waals surface area contributed by atoms with Crippen molar-refractivity contribution >= 4 is 11.9 Å². The zero-order chi connectivity index (χ0) is 16.3. The molecule has 6 heteroatoms. The first-order valence-electron chi connectivity index (χ1n) is 7.46. The summed E-state index contributed by atoms with van der Waals surface area (Å²) in [5.41, 5.74) is 7.90. The Bertz CT molecular complexity index is 586. The van der Waals surface area contributed by atoms with Gasteiger partial charge < -0.3 is 15.8 Å². The molecule has 0 atom stereocenters. The second kappa shape index (κ2) is 6.34. The SMILES string of the molecule is COC(=O)c1ccc(CN=C(N)NC(C)(C)C)nc1C1CC1. The van der Waals surface area contributed by atoms with Gasteiger partial charge in [-0.05, 0) is 45.7 Å². The molecule has 1 aromatic rings. The molecule has 6 nitrogen and oxygen atoms in total. The van der Waals surface area contributed by atoms with Crippen LogP contribution in [-0.2, 0) is 11.3 Å². The summed E-state index contributed by atoms with van der Waals surface area (Å²) in [4.78, 5) is 20.7. The lowest BCUT2D eigenvalue weighted by atomic mass is 10.1. The molecule has 1 heterocycles. The van der Waals surface area contributed by atoms with Crippen LogP contribution in [0.15, 0.2) is 17.1 Å². The van der Waals surface area contributed by atoms with Crippen LogP contribution in [-0.4, -0.2) is 29.6 Å². The van der Waals surface area contributed by atoms with Crippen LogP contribution in [0.25, 0.3) is 0 Å². The van der Waals surface area contributed by atoms with Crippen LogP contribution in [0.5, 0.6) is 0 Å². The molecule has 1 aromatic heterocycles. The maximum Gasteiger partial charge on any atom is 0.339 e. The molecule has 3 N–H and O–H groups in total. The van der Waals surface area contributed by atoms with Gasteiger partial charge in [0.05, 0.1) is 30.6 Å². The highest BCUT2D eigenvalue weighted by molar-refractivity contribution is 5.90. The van der Waals surface area contributed by atoms with Crippen molar-refractivity contribution in [2.24, 2.45) is 10.7 Å². The predicted molar refractivity (Wildman–Crippen MR) is 85.8 cm³/mol. The molecule has 0 saturated heterocycles. The molecule has 2 rings (SSSR count). The first-order valence-corrected chi connectivity index (χ1v) is 7.46. The van der Waals surface area contributed by atoms with Crippen LogP contribution in [0.1, 0.15) is 61.3 Å². The molecule has 1 aliphatic rings. The quantitative estimate of drug-likeness (QED) is 0.504. The molecule has 22 heavy (non-hydrogen) atoms. The second-order valence-corrected chi connectivity index (χ2v) is 6.58. The summed E-state index contributed by atoms with van der Waals surface area (Å²) in [5.74, 6) is 0.417. The van der Waals surface area contributed by atoms with Gasteiger partial charge in [-0.25, -0.2) is 9.79 Å². The molecule has 1 fully saturated rings. The molecule has 0 bridgehead atoms. The Kier molecular flexibility index (Phi) is 4.68. The zero-order valence-corrected chi connectivity index (χ0v) is 13.6. The molecule has 1 saturated carbocycles. The van der Waals surface area contributed by atoms with E-state index in [0.717, 1.165) is 24.2 Å². The number of nitrogens with two attached hydrogens (primary N) is 1. The molecule has 0 aliphatic heterocycles. The molecule has 0 unspecified atom stereocenters. The Labute approximate surface area is 131 Å². The lowest BCUT2D eigenvalue weighted by Gasteiger charge is -2.21. The number of rotatable bonds is 4. The molecule has 120 valence electrons. The predicted octanol–water partition coefficient (Wildman–Crippen LogP) is 1.95. The minimum absolute atomic E-state index is 0.130. The van der Waals surface area contributed by atoms with Crippen molar-refractivity contribution in [1.82, 2.24) is 10.3 Å². The summed E-state index contributed by atoms with van der Waals surface area (Å²) in [7, 11) is 1.39. The molecular weight excluding hydrogens is 280 g/mol. The number of carbonyl (C=O) groups excluding carboxylic acids is 1. The van der Waals surface area contributed by atoms with E-state index in [-0.39, 0.29) is 11.5 Å². The van der Waals surface area contributed by atoms with Gasteiger partial charge in [0.15, 0.2) is 5.96 Å². The highest BCUT2D eigenvalue weighted by Gasteiger charge is 2.30. The third kappa shape index (κ3) is 4.44. The summed E-state index contributed by atoms with van der Waals surface area (Å²) >= 11 is 0. The van der Waals surface area contributed by atoms with Crippen molar-refractivity contribution in [2.45, 2.75) is 51.6 Å². The number of aliphatic imine (C=N–C) groups is 1. The lowest BCUT2D eigenvalue weighted by molar-refractivity contribution is 0.0598. The number of hydrogen-bond donors (Lipinski definition) is 2. The van der Waals surface area contributed by atoms with Gasteiger partial charge in [-0.15, -0.1) is 0 Å². The van der Waals surface area contributed by atoms with Crippen LogP contribution < -0.4 is 11.1 Å². The number of pyridine rings is 1. The summed E-state index contributed by atoms with van der Waals surface area (Å²) in [6.07, 6.45) is 2.13. The largest absolute Gasteiger partial charge is 0.465 e. The summed E-state index contributed by atoms with van der Waals surface area (Å²) in [6, 6.07) is 3.57. The highest BCUT2D eigenvalue weighted by atomic mass is 16.5. The summed E-state index contributed by atoms with van der Waals surface area (Å²) in [5, 5.41) is 3.10. The number of ether oxygens (including phenoxy) is 1. The van der Waals surface area contributed by atoms with E-state index in [9.17, 15) is 4.79 Å². The molecule has 0 amide bonds. The Morgan fingerprint density at radius 1 is 1.45 bits per heavy atom. The van der Waals surface area contributed by atoms with Crippen molar-refractivity contribution in [3.63, 3.8) is 0 Å². The normalized spacial score (nSPS) is 15.5. The maximum absolute atomic E-state index is 11.8.